The molecule has 1 atom stereocenters. The number of amides is 1. The minimum absolute atomic E-state index is 0.113. The fourth-order valence-electron chi connectivity index (χ4n) is 3.36. The Morgan fingerprint density at radius 1 is 1.36 bits per heavy atom. The van der Waals surface area contributed by atoms with E-state index in [1.165, 1.54) is 0 Å². The number of anilines is 1. The van der Waals surface area contributed by atoms with E-state index in [1.54, 1.807) is 25.4 Å². The molecule has 0 spiro atoms. The van der Waals surface area contributed by atoms with Crippen LogP contribution in [-0.4, -0.2) is 33.9 Å². The summed E-state index contributed by atoms with van der Waals surface area (Å²) in [6, 6.07) is 7.59. The number of benzene rings is 1. The quantitative estimate of drug-likeness (QED) is 0.677. The predicted molar refractivity (Wildman–Crippen MR) is 96.2 cm³/mol. The van der Waals surface area contributed by atoms with E-state index in [-0.39, 0.29) is 11.9 Å². The zero-order valence-electron chi connectivity index (χ0n) is 14.0. The van der Waals surface area contributed by atoms with Crippen molar-refractivity contribution in [3.63, 3.8) is 0 Å². The van der Waals surface area contributed by atoms with Crippen LogP contribution in [0, 0.1) is 0 Å². The van der Waals surface area contributed by atoms with Gasteiger partial charge >= 0.3 is 0 Å². The molecular weight excluding hydrogens is 316 g/mol. The van der Waals surface area contributed by atoms with Crippen molar-refractivity contribution >= 4 is 17.2 Å². The summed E-state index contributed by atoms with van der Waals surface area (Å²) in [6.45, 7) is 0.996. The molecule has 1 aliphatic heterocycles. The number of carbonyl (C=O) groups excluding carboxylic acids is 1. The maximum atomic E-state index is 11.7. The highest BCUT2D eigenvalue weighted by atomic mass is 16.1. The number of aromatic nitrogens is 3. The first kappa shape index (κ1) is 15.6. The Bertz CT molecular complexity index is 925. The molecular formula is C18H20N6O. The van der Waals surface area contributed by atoms with E-state index >= 15 is 0 Å². The largest absolute Gasteiger partial charge is 0.382 e. The molecule has 1 saturated heterocycles. The van der Waals surface area contributed by atoms with Gasteiger partial charge in [-0.05, 0) is 31.5 Å². The number of fused-ring (bicyclic) bond motifs is 1. The third-order valence-electron chi connectivity index (χ3n) is 4.63. The van der Waals surface area contributed by atoms with Crippen LogP contribution < -0.4 is 16.4 Å². The van der Waals surface area contributed by atoms with E-state index in [2.05, 4.69) is 15.6 Å². The highest BCUT2D eigenvalue weighted by Gasteiger charge is 2.24. The molecule has 4 N–H and O–H groups in total. The van der Waals surface area contributed by atoms with Gasteiger partial charge in [-0.3, -0.25) is 9.20 Å². The molecule has 1 aliphatic rings. The first-order valence-electron chi connectivity index (χ1n) is 8.37. The molecule has 4 rings (SSSR count). The van der Waals surface area contributed by atoms with Gasteiger partial charge in [0, 0.05) is 30.6 Å². The van der Waals surface area contributed by atoms with Gasteiger partial charge in [0.1, 0.15) is 22.9 Å². The van der Waals surface area contributed by atoms with E-state index in [4.69, 9.17) is 10.7 Å². The summed E-state index contributed by atoms with van der Waals surface area (Å²) in [7, 11) is 1.62. The number of nitrogens with two attached hydrogens (primary N) is 1. The van der Waals surface area contributed by atoms with Gasteiger partial charge in [-0.25, -0.2) is 9.97 Å². The molecule has 0 bridgehead atoms. The average Bonchev–Trinajstić information content (AvgIpc) is 3.29. The number of imidazole rings is 1. The normalized spacial score (nSPS) is 17.1. The van der Waals surface area contributed by atoms with Gasteiger partial charge in [-0.2, -0.15) is 0 Å². The third-order valence-corrected chi connectivity index (χ3v) is 4.63. The summed E-state index contributed by atoms with van der Waals surface area (Å²) in [6.07, 6.45) is 5.78. The number of hydrogen-bond acceptors (Lipinski definition) is 5. The summed E-state index contributed by atoms with van der Waals surface area (Å²) in [5, 5.41) is 6.11. The molecule has 3 aromatic rings. The Hall–Kier alpha value is -2.93. The second-order valence-electron chi connectivity index (χ2n) is 6.16. The van der Waals surface area contributed by atoms with Crippen molar-refractivity contribution in [2.45, 2.75) is 18.9 Å². The van der Waals surface area contributed by atoms with Crippen molar-refractivity contribution in [1.82, 2.24) is 25.0 Å². The number of nitrogen functional groups attached to an aromatic ring is 1. The van der Waals surface area contributed by atoms with Crippen molar-refractivity contribution in [3.8, 4) is 11.3 Å². The van der Waals surface area contributed by atoms with Crippen LogP contribution in [0.2, 0.25) is 0 Å². The van der Waals surface area contributed by atoms with E-state index in [9.17, 15) is 4.79 Å². The van der Waals surface area contributed by atoms with Crippen LogP contribution in [-0.2, 0) is 0 Å². The lowest BCUT2D eigenvalue weighted by atomic mass is 10.1. The second kappa shape index (κ2) is 6.18. The van der Waals surface area contributed by atoms with Crippen molar-refractivity contribution < 1.29 is 4.79 Å². The molecule has 25 heavy (non-hydrogen) atoms. The third kappa shape index (κ3) is 2.62. The van der Waals surface area contributed by atoms with Gasteiger partial charge < -0.3 is 16.4 Å². The average molecular weight is 336 g/mol. The monoisotopic (exact) mass is 336 g/mol. The number of hydrogen-bond donors (Lipinski definition) is 3. The van der Waals surface area contributed by atoms with E-state index < -0.39 is 0 Å². The zero-order chi connectivity index (χ0) is 17.4. The number of nitrogens with zero attached hydrogens (tertiary/aromatic N) is 3. The molecule has 0 aliphatic carbocycles. The summed E-state index contributed by atoms with van der Waals surface area (Å²) in [5.41, 5.74) is 9.26. The van der Waals surface area contributed by atoms with Crippen molar-refractivity contribution in [1.29, 1.82) is 0 Å². The number of rotatable bonds is 3. The predicted octanol–water partition coefficient (Wildman–Crippen LogP) is 1.76. The summed E-state index contributed by atoms with van der Waals surface area (Å²) < 4.78 is 2.02. The van der Waals surface area contributed by atoms with Gasteiger partial charge in [-0.1, -0.05) is 12.1 Å². The van der Waals surface area contributed by atoms with Gasteiger partial charge in [0.05, 0.1) is 6.04 Å². The van der Waals surface area contributed by atoms with Gasteiger partial charge in [-0.15, -0.1) is 0 Å². The van der Waals surface area contributed by atoms with E-state index in [0.29, 0.717) is 11.4 Å². The molecule has 2 aromatic heterocycles. The molecule has 1 aromatic carbocycles. The van der Waals surface area contributed by atoms with Crippen LogP contribution in [0.5, 0.6) is 0 Å². The van der Waals surface area contributed by atoms with E-state index in [1.807, 2.05) is 22.7 Å². The van der Waals surface area contributed by atoms with E-state index in [0.717, 1.165) is 42.0 Å². The Balaban J connectivity index is 1.85. The lowest BCUT2D eigenvalue weighted by Gasteiger charge is -2.08. The molecule has 1 unspecified atom stereocenters. The lowest BCUT2D eigenvalue weighted by Crippen LogP contribution is -2.17. The highest BCUT2D eigenvalue weighted by Crippen LogP contribution is 2.32. The molecule has 0 saturated carbocycles. The Labute approximate surface area is 145 Å². The van der Waals surface area contributed by atoms with Crippen molar-refractivity contribution in [3.05, 3.63) is 48.0 Å². The minimum atomic E-state index is -0.113. The Morgan fingerprint density at radius 2 is 2.16 bits per heavy atom. The van der Waals surface area contributed by atoms with Crippen LogP contribution in [0.25, 0.3) is 16.8 Å². The topological polar surface area (TPSA) is 97.3 Å². The first-order valence-corrected chi connectivity index (χ1v) is 8.37. The van der Waals surface area contributed by atoms with Crippen LogP contribution >= 0.6 is 0 Å². The number of nitrogens with one attached hydrogen (secondary N) is 2. The molecule has 128 valence electrons. The van der Waals surface area contributed by atoms with Crippen LogP contribution in [0.1, 0.15) is 35.1 Å². The second-order valence-corrected chi connectivity index (χ2v) is 6.16. The van der Waals surface area contributed by atoms with Crippen LogP contribution in [0.3, 0.4) is 0 Å². The molecule has 7 nitrogen and oxygen atoms in total. The highest BCUT2D eigenvalue weighted by molar-refractivity contribution is 5.95. The SMILES string of the molecule is CNC(=O)c1ccc(-c2nc(C3CCCN3)n3ccnc(N)c23)cc1. The fourth-order valence-corrected chi connectivity index (χ4v) is 3.36. The van der Waals surface area contributed by atoms with Crippen LogP contribution in [0.4, 0.5) is 5.82 Å². The maximum Gasteiger partial charge on any atom is 0.251 e. The summed E-state index contributed by atoms with van der Waals surface area (Å²) >= 11 is 0. The number of carbonyl (C=O) groups is 1. The fraction of sp³-hybridized carbons (Fsp3) is 0.278. The molecule has 3 heterocycles. The lowest BCUT2D eigenvalue weighted by molar-refractivity contribution is 0.0963. The smallest absolute Gasteiger partial charge is 0.251 e. The first-order chi connectivity index (χ1) is 12.2. The zero-order valence-corrected chi connectivity index (χ0v) is 14.0. The Morgan fingerprint density at radius 3 is 2.84 bits per heavy atom. The van der Waals surface area contributed by atoms with Gasteiger partial charge in [0.25, 0.3) is 5.91 Å². The molecule has 7 heteroatoms. The molecule has 0 radical (unpaired) electrons. The van der Waals surface area contributed by atoms with Crippen LogP contribution in [0.15, 0.2) is 36.7 Å². The summed E-state index contributed by atoms with van der Waals surface area (Å²) in [4.78, 5) is 20.8. The standard InChI is InChI=1S/C18H20N6O/c1-20-18(25)12-6-4-11(5-7-12)14-15-16(19)22-9-10-24(15)17(23-14)13-3-2-8-21-13/h4-7,9-10,13,21H,2-3,8H2,1H3,(H2,19,22)(H,20,25). The molecule has 1 amide bonds. The van der Waals surface area contributed by atoms with Crippen molar-refractivity contribution in [2.75, 3.05) is 19.3 Å². The summed E-state index contributed by atoms with van der Waals surface area (Å²) in [5.74, 6) is 1.29. The minimum Gasteiger partial charge on any atom is -0.382 e. The molecule has 1 fully saturated rings. The van der Waals surface area contributed by atoms with Gasteiger partial charge in [0.15, 0.2) is 0 Å². The van der Waals surface area contributed by atoms with Gasteiger partial charge in [0.2, 0.25) is 0 Å². The maximum absolute atomic E-state index is 11.7. The van der Waals surface area contributed by atoms with Crippen molar-refractivity contribution in [2.24, 2.45) is 0 Å². The Kier molecular flexibility index (Phi) is 3.85.